The highest BCUT2D eigenvalue weighted by Crippen LogP contribution is 2.20. The van der Waals surface area contributed by atoms with Gasteiger partial charge >= 0.3 is 0 Å². The van der Waals surface area contributed by atoms with Gasteiger partial charge in [0.25, 0.3) is 0 Å². The van der Waals surface area contributed by atoms with Gasteiger partial charge in [-0.3, -0.25) is 4.90 Å². The van der Waals surface area contributed by atoms with Gasteiger partial charge in [-0.25, -0.2) is 4.68 Å². The Hall–Kier alpha value is -1.72. The average molecular weight is 288 g/mol. The largest absolute Gasteiger partial charge is 0.389 e. The van der Waals surface area contributed by atoms with Crippen molar-refractivity contribution >= 4 is 0 Å². The van der Waals surface area contributed by atoms with Crippen molar-refractivity contribution in [1.29, 1.82) is 0 Å². The van der Waals surface area contributed by atoms with Crippen molar-refractivity contribution in [1.82, 2.24) is 19.9 Å². The summed E-state index contributed by atoms with van der Waals surface area (Å²) in [6.07, 6.45) is 1.95. The zero-order valence-corrected chi connectivity index (χ0v) is 13.2. The van der Waals surface area contributed by atoms with Gasteiger partial charge in [-0.05, 0) is 39.4 Å². The Labute approximate surface area is 126 Å². The van der Waals surface area contributed by atoms with Crippen molar-refractivity contribution in [3.63, 3.8) is 0 Å². The lowest BCUT2D eigenvalue weighted by atomic mass is 10.1. The molecule has 0 amide bonds. The Morgan fingerprint density at radius 1 is 1.29 bits per heavy atom. The molecule has 0 saturated heterocycles. The summed E-state index contributed by atoms with van der Waals surface area (Å²) in [5.41, 5.74) is 1.18. The molecule has 1 atom stereocenters. The second-order valence-electron chi connectivity index (χ2n) is 5.98. The summed E-state index contributed by atoms with van der Waals surface area (Å²) in [6, 6.07) is 10.0. The minimum atomic E-state index is -0.723. The summed E-state index contributed by atoms with van der Waals surface area (Å²) in [7, 11) is 0. The van der Waals surface area contributed by atoms with Crippen molar-refractivity contribution in [2.45, 2.75) is 39.3 Å². The summed E-state index contributed by atoms with van der Waals surface area (Å²) in [5, 5.41) is 18.5. The Bertz CT molecular complexity index is 559. The molecule has 0 aliphatic rings. The van der Waals surface area contributed by atoms with Gasteiger partial charge < -0.3 is 5.11 Å². The summed E-state index contributed by atoms with van der Waals surface area (Å²) >= 11 is 0. The minimum Gasteiger partial charge on any atom is -0.389 e. The van der Waals surface area contributed by atoms with Crippen LogP contribution in [0.3, 0.4) is 0 Å². The highest BCUT2D eigenvalue weighted by Gasteiger charge is 2.23. The Kier molecular flexibility index (Phi) is 4.75. The summed E-state index contributed by atoms with van der Waals surface area (Å²) < 4.78 is 1.78. The van der Waals surface area contributed by atoms with Crippen molar-refractivity contribution in [3.05, 3.63) is 42.2 Å². The maximum atomic E-state index is 10.0. The molecule has 2 aromatic rings. The van der Waals surface area contributed by atoms with Crippen LogP contribution in [0.2, 0.25) is 0 Å². The number of nitrogens with zero attached hydrogens (tertiary/aromatic N) is 4. The molecule has 21 heavy (non-hydrogen) atoms. The number of hydrogen-bond donors (Lipinski definition) is 1. The number of likely N-dealkylation sites (N-methyl/N-ethyl adjacent to an activating group) is 1. The second kappa shape index (κ2) is 6.37. The fraction of sp³-hybridized carbons (Fsp3) is 0.500. The van der Waals surface area contributed by atoms with Crippen LogP contribution in [0, 0.1) is 0 Å². The van der Waals surface area contributed by atoms with Crippen LogP contribution in [0.5, 0.6) is 0 Å². The van der Waals surface area contributed by atoms with Gasteiger partial charge in [0.2, 0.25) is 0 Å². The first kappa shape index (κ1) is 15.7. The van der Waals surface area contributed by atoms with Gasteiger partial charge in [-0.15, -0.1) is 5.10 Å². The highest BCUT2D eigenvalue weighted by atomic mass is 16.3. The van der Waals surface area contributed by atoms with E-state index in [0.29, 0.717) is 6.54 Å². The monoisotopic (exact) mass is 288 g/mol. The van der Waals surface area contributed by atoms with E-state index in [4.69, 9.17) is 0 Å². The molecule has 0 fully saturated rings. The van der Waals surface area contributed by atoms with Gasteiger partial charge in [-0.1, -0.05) is 30.3 Å². The molecular weight excluding hydrogens is 264 g/mol. The molecule has 114 valence electrons. The fourth-order valence-electron chi connectivity index (χ4n) is 2.38. The van der Waals surface area contributed by atoms with Crippen molar-refractivity contribution < 1.29 is 5.11 Å². The maximum Gasteiger partial charge on any atom is 0.1000 e. The molecule has 1 aromatic carbocycles. The SMILES string of the molecule is CCN(CC(C)(C)O)[C@H](C)c1cn(-c2ccccc2)nn1. The predicted molar refractivity (Wildman–Crippen MR) is 83.3 cm³/mol. The highest BCUT2D eigenvalue weighted by molar-refractivity contribution is 5.30. The molecule has 0 aliphatic heterocycles. The van der Waals surface area contributed by atoms with Gasteiger partial charge in [0, 0.05) is 6.54 Å². The Morgan fingerprint density at radius 2 is 1.95 bits per heavy atom. The third-order valence-corrected chi connectivity index (χ3v) is 3.50. The quantitative estimate of drug-likeness (QED) is 0.887. The Balaban J connectivity index is 2.16. The molecule has 5 heteroatoms. The standard InChI is InChI=1S/C16H24N4O/c1-5-19(12-16(3,4)21)13(2)15-11-20(18-17-15)14-9-7-6-8-10-14/h6-11,13,21H,5,12H2,1-4H3/t13-/m1/s1. The molecule has 0 bridgehead atoms. The van der Waals surface area contributed by atoms with E-state index in [1.165, 1.54) is 0 Å². The summed E-state index contributed by atoms with van der Waals surface area (Å²) in [4.78, 5) is 2.19. The van der Waals surface area contributed by atoms with Crippen molar-refractivity contribution in [2.75, 3.05) is 13.1 Å². The first-order chi connectivity index (χ1) is 9.90. The van der Waals surface area contributed by atoms with Crippen LogP contribution in [0.4, 0.5) is 0 Å². The summed E-state index contributed by atoms with van der Waals surface area (Å²) in [6.45, 7) is 9.27. The lowest BCUT2D eigenvalue weighted by Gasteiger charge is -2.31. The second-order valence-corrected chi connectivity index (χ2v) is 5.98. The van der Waals surface area contributed by atoms with E-state index in [9.17, 15) is 5.11 Å². The lowest BCUT2D eigenvalue weighted by Crippen LogP contribution is -2.40. The molecule has 1 aromatic heterocycles. The van der Waals surface area contributed by atoms with Crippen molar-refractivity contribution in [3.8, 4) is 5.69 Å². The molecule has 0 unspecified atom stereocenters. The molecule has 1 N–H and O–H groups in total. The molecule has 0 spiro atoms. The third-order valence-electron chi connectivity index (χ3n) is 3.50. The average Bonchev–Trinajstić information content (AvgIpc) is 2.94. The zero-order valence-electron chi connectivity index (χ0n) is 13.2. The van der Waals surface area contributed by atoms with Crippen LogP contribution in [0.25, 0.3) is 5.69 Å². The molecule has 0 saturated carbocycles. The van der Waals surface area contributed by atoms with E-state index in [1.807, 2.05) is 50.4 Å². The third kappa shape index (κ3) is 4.12. The molecule has 0 aliphatic carbocycles. The first-order valence-electron chi connectivity index (χ1n) is 7.35. The van der Waals surface area contributed by atoms with Crippen LogP contribution in [0.15, 0.2) is 36.5 Å². The number of aromatic nitrogens is 3. The number of para-hydroxylation sites is 1. The first-order valence-corrected chi connectivity index (χ1v) is 7.35. The van der Waals surface area contributed by atoms with Crippen LogP contribution in [-0.4, -0.2) is 43.7 Å². The van der Waals surface area contributed by atoms with E-state index < -0.39 is 5.60 Å². The van der Waals surface area contributed by atoms with E-state index in [-0.39, 0.29) is 6.04 Å². The molecular formula is C16H24N4O. The van der Waals surface area contributed by atoms with E-state index in [0.717, 1.165) is 17.9 Å². The van der Waals surface area contributed by atoms with Crippen LogP contribution in [0.1, 0.15) is 39.4 Å². The number of benzene rings is 1. The van der Waals surface area contributed by atoms with Gasteiger partial charge in [0.15, 0.2) is 0 Å². The van der Waals surface area contributed by atoms with Crippen molar-refractivity contribution in [2.24, 2.45) is 0 Å². The van der Waals surface area contributed by atoms with E-state index >= 15 is 0 Å². The van der Waals surface area contributed by atoms with Gasteiger partial charge in [-0.2, -0.15) is 0 Å². The predicted octanol–water partition coefficient (Wildman–Crippen LogP) is 2.42. The minimum absolute atomic E-state index is 0.110. The van der Waals surface area contributed by atoms with Crippen LogP contribution >= 0.6 is 0 Å². The molecule has 2 rings (SSSR count). The smallest absolute Gasteiger partial charge is 0.1000 e. The van der Waals surface area contributed by atoms with Crippen LogP contribution < -0.4 is 0 Å². The zero-order chi connectivity index (χ0) is 15.5. The van der Waals surface area contributed by atoms with Gasteiger partial charge in [0.05, 0.1) is 29.2 Å². The maximum absolute atomic E-state index is 10.0. The van der Waals surface area contributed by atoms with Gasteiger partial charge in [0.1, 0.15) is 0 Å². The van der Waals surface area contributed by atoms with E-state index in [2.05, 4.69) is 29.1 Å². The van der Waals surface area contributed by atoms with Crippen LogP contribution in [-0.2, 0) is 0 Å². The molecule has 5 nitrogen and oxygen atoms in total. The fourth-order valence-corrected chi connectivity index (χ4v) is 2.38. The topological polar surface area (TPSA) is 54.2 Å². The molecule has 1 heterocycles. The number of rotatable bonds is 6. The number of aliphatic hydroxyl groups is 1. The normalized spacial score (nSPS) is 13.6. The Morgan fingerprint density at radius 3 is 2.52 bits per heavy atom. The number of hydrogen-bond acceptors (Lipinski definition) is 4. The lowest BCUT2D eigenvalue weighted by molar-refractivity contribution is 0.0243. The van der Waals surface area contributed by atoms with E-state index in [1.54, 1.807) is 4.68 Å². The summed E-state index contributed by atoms with van der Waals surface area (Å²) in [5.74, 6) is 0. The molecule has 0 radical (unpaired) electrons.